The average Bonchev–Trinajstić information content (AvgIpc) is 2.39. The molecule has 0 heterocycles. The van der Waals surface area contributed by atoms with Crippen molar-refractivity contribution in [3.05, 3.63) is 29.8 Å². The van der Waals surface area contributed by atoms with E-state index in [-0.39, 0.29) is 25.5 Å². The summed E-state index contributed by atoms with van der Waals surface area (Å²) in [6, 6.07) is 7.58. The maximum absolute atomic E-state index is 11.5. The van der Waals surface area contributed by atoms with Crippen molar-refractivity contribution in [3.8, 4) is 5.75 Å². The van der Waals surface area contributed by atoms with Crippen LogP contribution in [0.15, 0.2) is 24.3 Å². The van der Waals surface area contributed by atoms with Crippen LogP contribution in [0, 0.1) is 6.92 Å². The second kappa shape index (κ2) is 7.11. The Hall–Kier alpha value is -1.59. The number of hydrogen-bond donors (Lipinski definition) is 3. The number of rotatable bonds is 7. The number of amides is 1. The minimum atomic E-state index is -1.28. The Balaban J connectivity index is 2.22. The Kier molecular flexibility index (Phi) is 5.79. The van der Waals surface area contributed by atoms with E-state index in [4.69, 9.17) is 9.84 Å². The fraction of sp³-hybridized carbons (Fsp3) is 0.500. The summed E-state index contributed by atoms with van der Waals surface area (Å²) in [4.78, 5) is 11.5. The summed E-state index contributed by atoms with van der Waals surface area (Å²) in [5.41, 5.74) is -0.135. The maximum Gasteiger partial charge on any atom is 0.223 e. The van der Waals surface area contributed by atoms with Crippen molar-refractivity contribution >= 4 is 5.91 Å². The molecule has 1 unspecified atom stereocenters. The Morgan fingerprint density at radius 1 is 1.37 bits per heavy atom. The summed E-state index contributed by atoms with van der Waals surface area (Å²) < 4.78 is 5.42. The molecule has 19 heavy (non-hydrogen) atoms. The third-order valence-electron chi connectivity index (χ3n) is 2.63. The van der Waals surface area contributed by atoms with E-state index in [2.05, 4.69) is 5.32 Å². The first-order valence-corrected chi connectivity index (χ1v) is 6.22. The van der Waals surface area contributed by atoms with E-state index < -0.39 is 12.2 Å². The molecule has 0 bridgehead atoms. The molecule has 1 aromatic carbocycles. The molecule has 0 aliphatic rings. The molecular formula is C14H21NO4. The highest BCUT2D eigenvalue weighted by Crippen LogP contribution is 2.11. The molecule has 1 atom stereocenters. The van der Waals surface area contributed by atoms with Crippen LogP contribution in [0.2, 0.25) is 0 Å². The topological polar surface area (TPSA) is 78.8 Å². The smallest absolute Gasteiger partial charge is 0.223 e. The van der Waals surface area contributed by atoms with Gasteiger partial charge in [0.2, 0.25) is 5.91 Å². The average molecular weight is 267 g/mol. The normalized spacial score (nSPS) is 13.7. The predicted octanol–water partition coefficient (Wildman–Crippen LogP) is 0.623. The number of aryl methyl sites for hydroxylation is 1. The van der Waals surface area contributed by atoms with E-state index >= 15 is 0 Å². The standard InChI is InChI=1S/C14H21NO4/c1-11-3-5-12(6-4-11)19-8-7-13(17)15-9-14(2,18)10-16/h3-6,16,18H,7-10H2,1-2H3,(H,15,17). The summed E-state index contributed by atoms with van der Waals surface area (Å²) in [5, 5.41) is 20.9. The van der Waals surface area contributed by atoms with Crippen molar-refractivity contribution in [3.63, 3.8) is 0 Å². The number of aliphatic hydroxyl groups is 2. The van der Waals surface area contributed by atoms with E-state index in [1.54, 1.807) is 0 Å². The second-order valence-electron chi connectivity index (χ2n) is 4.84. The van der Waals surface area contributed by atoms with Crippen LogP contribution in [0.5, 0.6) is 5.75 Å². The van der Waals surface area contributed by atoms with E-state index in [1.165, 1.54) is 6.92 Å². The zero-order valence-corrected chi connectivity index (χ0v) is 11.3. The molecule has 0 saturated carbocycles. The first-order valence-electron chi connectivity index (χ1n) is 6.22. The molecule has 3 N–H and O–H groups in total. The van der Waals surface area contributed by atoms with E-state index in [0.717, 1.165) is 11.3 Å². The van der Waals surface area contributed by atoms with Gasteiger partial charge in [0, 0.05) is 6.54 Å². The lowest BCUT2D eigenvalue weighted by atomic mass is 10.1. The van der Waals surface area contributed by atoms with Crippen LogP contribution in [-0.2, 0) is 4.79 Å². The highest BCUT2D eigenvalue weighted by atomic mass is 16.5. The summed E-state index contributed by atoms with van der Waals surface area (Å²) in [6.45, 7) is 3.34. The first kappa shape index (κ1) is 15.5. The van der Waals surface area contributed by atoms with Gasteiger partial charge >= 0.3 is 0 Å². The third kappa shape index (κ3) is 6.22. The minimum Gasteiger partial charge on any atom is -0.493 e. The molecule has 1 aromatic rings. The molecule has 1 amide bonds. The fourth-order valence-corrected chi connectivity index (χ4v) is 1.33. The Labute approximate surface area is 113 Å². The summed E-state index contributed by atoms with van der Waals surface area (Å²) in [5.74, 6) is 0.501. The fourth-order valence-electron chi connectivity index (χ4n) is 1.33. The molecule has 0 aromatic heterocycles. The van der Waals surface area contributed by atoms with Crippen LogP contribution >= 0.6 is 0 Å². The van der Waals surface area contributed by atoms with Gasteiger partial charge in [-0.05, 0) is 26.0 Å². The Bertz CT molecular complexity index is 400. The third-order valence-corrected chi connectivity index (χ3v) is 2.63. The van der Waals surface area contributed by atoms with Crippen molar-refractivity contribution < 1.29 is 19.7 Å². The number of aliphatic hydroxyl groups excluding tert-OH is 1. The van der Waals surface area contributed by atoms with Gasteiger partial charge in [-0.25, -0.2) is 0 Å². The van der Waals surface area contributed by atoms with Crippen LogP contribution in [-0.4, -0.2) is 41.5 Å². The summed E-state index contributed by atoms with van der Waals surface area (Å²) >= 11 is 0. The number of nitrogens with one attached hydrogen (secondary N) is 1. The Morgan fingerprint density at radius 3 is 2.58 bits per heavy atom. The van der Waals surface area contributed by atoms with Crippen LogP contribution in [0.1, 0.15) is 18.9 Å². The molecule has 0 fully saturated rings. The quantitative estimate of drug-likeness (QED) is 0.677. The van der Waals surface area contributed by atoms with Gasteiger partial charge in [-0.3, -0.25) is 4.79 Å². The van der Waals surface area contributed by atoms with Crippen LogP contribution in [0.4, 0.5) is 0 Å². The monoisotopic (exact) mass is 267 g/mol. The Morgan fingerprint density at radius 2 is 2.00 bits per heavy atom. The lowest BCUT2D eigenvalue weighted by Crippen LogP contribution is -2.43. The lowest BCUT2D eigenvalue weighted by molar-refractivity contribution is -0.123. The van der Waals surface area contributed by atoms with Gasteiger partial charge in [0.25, 0.3) is 0 Å². The highest BCUT2D eigenvalue weighted by molar-refractivity contribution is 5.76. The first-order chi connectivity index (χ1) is 8.93. The SMILES string of the molecule is Cc1ccc(OCCC(=O)NCC(C)(O)CO)cc1. The van der Waals surface area contributed by atoms with Crippen LogP contribution in [0.25, 0.3) is 0 Å². The summed E-state index contributed by atoms with van der Waals surface area (Å²) in [7, 11) is 0. The molecule has 0 aliphatic carbocycles. The lowest BCUT2D eigenvalue weighted by Gasteiger charge is -2.20. The zero-order chi connectivity index (χ0) is 14.3. The van der Waals surface area contributed by atoms with E-state index in [1.807, 2.05) is 31.2 Å². The molecule has 1 rings (SSSR count). The van der Waals surface area contributed by atoms with Gasteiger partial charge in [0.15, 0.2) is 0 Å². The molecule has 0 saturated heterocycles. The minimum absolute atomic E-state index is 0.0207. The number of ether oxygens (including phenoxy) is 1. The molecule has 5 nitrogen and oxygen atoms in total. The molecular weight excluding hydrogens is 246 g/mol. The number of hydrogen-bond acceptors (Lipinski definition) is 4. The van der Waals surface area contributed by atoms with E-state index in [9.17, 15) is 9.90 Å². The van der Waals surface area contributed by atoms with E-state index in [0.29, 0.717) is 0 Å². The van der Waals surface area contributed by atoms with Gasteiger partial charge in [0.1, 0.15) is 11.4 Å². The number of carbonyl (C=O) groups excluding carboxylic acids is 1. The predicted molar refractivity (Wildman–Crippen MR) is 72.0 cm³/mol. The van der Waals surface area contributed by atoms with Gasteiger partial charge in [0.05, 0.1) is 19.6 Å². The highest BCUT2D eigenvalue weighted by Gasteiger charge is 2.19. The second-order valence-corrected chi connectivity index (χ2v) is 4.84. The number of benzene rings is 1. The molecule has 5 heteroatoms. The number of carbonyl (C=O) groups is 1. The van der Waals surface area contributed by atoms with Crippen molar-refractivity contribution in [1.29, 1.82) is 0 Å². The van der Waals surface area contributed by atoms with Gasteiger partial charge in [-0.1, -0.05) is 17.7 Å². The van der Waals surface area contributed by atoms with Crippen molar-refractivity contribution in [1.82, 2.24) is 5.32 Å². The van der Waals surface area contributed by atoms with Gasteiger partial charge in [-0.2, -0.15) is 0 Å². The van der Waals surface area contributed by atoms with Crippen LogP contribution < -0.4 is 10.1 Å². The maximum atomic E-state index is 11.5. The molecule has 0 spiro atoms. The zero-order valence-electron chi connectivity index (χ0n) is 11.3. The summed E-state index contributed by atoms with van der Waals surface area (Å²) in [6.07, 6.45) is 0.204. The van der Waals surface area contributed by atoms with Gasteiger partial charge in [-0.15, -0.1) is 0 Å². The van der Waals surface area contributed by atoms with Crippen molar-refractivity contribution in [2.24, 2.45) is 0 Å². The molecule has 0 aliphatic heterocycles. The largest absolute Gasteiger partial charge is 0.493 e. The van der Waals surface area contributed by atoms with Crippen molar-refractivity contribution in [2.45, 2.75) is 25.9 Å². The molecule has 106 valence electrons. The van der Waals surface area contributed by atoms with Crippen LogP contribution in [0.3, 0.4) is 0 Å². The van der Waals surface area contributed by atoms with Crippen molar-refractivity contribution in [2.75, 3.05) is 19.8 Å². The molecule has 0 radical (unpaired) electrons. The van der Waals surface area contributed by atoms with Gasteiger partial charge < -0.3 is 20.3 Å².